The summed E-state index contributed by atoms with van der Waals surface area (Å²) in [6, 6.07) is 12.7. The molecule has 0 fully saturated rings. The van der Waals surface area contributed by atoms with Gasteiger partial charge in [0, 0.05) is 18.2 Å². The number of carbonyl (C=O) groups is 1. The van der Waals surface area contributed by atoms with Crippen molar-refractivity contribution in [1.29, 1.82) is 0 Å². The zero-order valence-electron chi connectivity index (χ0n) is 12.2. The molecule has 1 N–H and O–H groups in total. The molecule has 0 aliphatic heterocycles. The lowest BCUT2D eigenvalue weighted by Crippen LogP contribution is -2.23. The highest BCUT2D eigenvalue weighted by Crippen LogP contribution is 2.20. The van der Waals surface area contributed by atoms with Gasteiger partial charge in [-0.2, -0.15) is 0 Å². The maximum absolute atomic E-state index is 12.1. The highest BCUT2D eigenvalue weighted by Gasteiger charge is 2.10. The normalized spacial score (nSPS) is 10.5. The van der Waals surface area contributed by atoms with Crippen molar-refractivity contribution in [1.82, 2.24) is 5.32 Å². The van der Waals surface area contributed by atoms with Crippen LogP contribution in [-0.4, -0.2) is 12.5 Å². The van der Waals surface area contributed by atoms with Crippen molar-refractivity contribution in [2.75, 3.05) is 6.61 Å². The molecule has 116 valence electrons. The van der Waals surface area contributed by atoms with Gasteiger partial charge in [-0.25, -0.2) is 0 Å². The molecule has 0 atom stereocenters. The monoisotopic (exact) mass is 337 g/mol. The molecule has 2 aromatic carbocycles. The molecule has 5 heteroatoms. The van der Waals surface area contributed by atoms with Crippen molar-refractivity contribution in [3.8, 4) is 0 Å². The second kappa shape index (κ2) is 8.18. The average Bonchev–Trinajstić information content (AvgIpc) is 2.54. The fourth-order valence-corrected chi connectivity index (χ4v) is 2.30. The summed E-state index contributed by atoms with van der Waals surface area (Å²) in [4.78, 5) is 12.1. The molecule has 0 unspecified atom stereocenters. The van der Waals surface area contributed by atoms with Crippen LogP contribution in [-0.2, 0) is 17.9 Å². The van der Waals surface area contributed by atoms with Gasteiger partial charge in [0.25, 0.3) is 5.91 Å². The van der Waals surface area contributed by atoms with E-state index < -0.39 is 0 Å². The Morgan fingerprint density at radius 2 is 1.77 bits per heavy atom. The maximum Gasteiger partial charge on any atom is 0.253 e. The molecule has 2 rings (SSSR count). The third-order valence-corrected chi connectivity index (χ3v) is 3.69. The Morgan fingerprint density at radius 1 is 1.09 bits per heavy atom. The number of carbonyl (C=O) groups excluding carboxylic acids is 1. The Labute approximate surface area is 140 Å². The number of benzene rings is 2. The van der Waals surface area contributed by atoms with Crippen LogP contribution in [0.1, 0.15) is 28.4 Å². The van der Waals surface area contributed by atoms with Crippen LogP contribution in [0.5, 0.6) is 0 Å². The summed E-state index contributed by atoms with van der Waals surface area (Å²) < 4.78 is 5.34. The van der Waals surface area contributed by atoms with Crippen LogP contribution >= 0.6 is 23.2 Å². The van der Waals surface area contributed by atoms with Crippen LogP contribution in [0, 0.1) is 0 Å². The van der Waals surface area contributed by atoms with Crippen molar-refractivity contribution in [2.24, 2.45) is 0 Å². The lowest BCUT2D eigenvalue weighted by molar-refractivity contribution is 0.0951. The van der Waals surface area contributed by atoms with Crippen LogP contribution in [0.25, 0.3) is 0 Å². The van der Waals surface area contributed by atoms with Gasteiger partial charge < -0.3 is 10.1 Å². The Balaban J connectivity index is 1.94. The SMILES string of the molecule is CCOCc1ccc(CNC(=O)c2cc(Cl)ccc2Cl)cc1. The lowest BCUT2D eigenvalue weighted by atomic mass is 10.1. The van der Waals surface area contributed by atoms with Gasteiger partial charge in [-0.05, 0) is 36.2 Å². The fraction of sp³-hybridized carbons (Fsp3) is 0.235. The Bertz CT molecular complexity index is 642. The molecule has 0 heterocycles. The summed E-state index contributed by atoms with van der Waals surface area (Å²) in [7, 11) is 0. The quantitative estimate of drug-likeness (QED) is 0.844. The van der Waals surface area contributed by atoms with Gasteiger partial charge in [-0.15, -0.1) is 0 Å². The number of rotatable bonds is 6. The molecule has 0 aliphatic carbocycles. The summed E-state index contributed by atoms with van der Waals surface area (Å²) in [5.41, 5.74) is 2.49. The average molecular weight is 338 g/mol. The third-order valence-electron chi connectivity index (χ3n) is 3.12. The molecule has 22 heavy (non-hydrogen) atoms. The largest absolute Gasteiger partial charge is 0.377 e. The van der Waals surface area contributed by atoms with E-state index in [0.29, 0.717) is 35.4 Å². The number of halogens is 2. The van der Waals surface area contributed by atoms with E-state index >= 15 is 0 Å². The number of hydrogen-bond donors (Lipinski definition) is 1. The van der Waals surface area contributed by atoms with E-state index in [0.717, 1.165) is 11.1 Å². The number of amides is 1. The number of ether oxygens (including phenoxy) is 1. The minimum Gasteiger partial charge on any atom is -0.377 e. The fourth-order valence-electron chi connectivity index (χ4n) is 1.92. The molecule has 0 saturated carbocycles. The predicted molar refractivity (Wildman–Crippen MR) is 89.4 cm³/mol. The second-order valence-corrected chi connectivity index (χ2v) is 5.60. The molecule has 0 radical (unpaired) electrons. The molecule has 0 aromatic heterocycles. The van der Waals surface area contributed by atoms with Gasteiger partial charge >= 0.3 is 0 Å². The topological polar surface area (TPSA) is 38.3 Å². The standard InChI is InChI=1S/C17H17Cl2NO2/c1-2-22-11-13-5-3-12(4-6-13)10-20-17(21)15-9-14(18)7-8-16(15)19/h3-9H,2,10-11H2,1H3,(H,20,21). The first kappa shape index (κ1) is 16.8. The number of hydrogen-bond acceptors (Lipinski definition) is 2. The molecule has 3 nitrogen and oxygen atoms in total. The molecular formula is C17H17Cl2NO2. The molecule has 0 bridgehead atoms. The maximum atomic E-state index is 12.1. The van der Waals surface area contributed by atoms with Gasteiger partial charge in [0.05, 0.1) is 17.2 Å². The first-order valence-corrected chi connectivity index (χ1v) is 7.74. The van der Waals surface area contributed by atoms with E-state index in [9.17, 15) is 4.79 Å². The van der Waals surface area contributed by atoms with E-state index in [2.05, 4.69) is 5.32 Å². The van der Waals surface area contributed by atoms with Crippen LogP contribution < -0.4 is 5.32 Å². The van der Waals surface area contributed by atoms with Crippen molar-refractivity contribution in [3.63, 3.8) is 0 Å². The number of nitrogens with one attached hydrogen (secondary N) is 1. The molecule has 0 saturated heterocycles. The van der Waals surface area contributed by atoms with Crippen molar-refractivity contribution >= 4 is 29.1 Å². The van der Waals surface area contributed by atoms with Crippen LogP contribution in [0.15, 0.2) is 42.5 Å². The summed E-state index contributed by atoms with van der Waals surface area (Å²) >= 11 is 11.9. The highest BCUT2D eigenvalue weighted by atomic mass is 35.5. The van der Waals surface area contributed by atoms with Gasteiger partial charge in [0.1, 0.15) is 0 Å². The van der Waals surface area contributed by atoms with Gasteiger partial charge in [0.2, 0.25) is 0 Å². The molecule has 1 amide bonds. The van der Waals surface area contributed by atoms with Crippen molar-refractivity contribution < 1.29 is 9.53 Å². The first-order valence-electron chi connectivity index (χ1n) is 6.99. The Morgan fingerprint density at radius 3 is 2.45 bits per heavy atom. The molecular weight excluding hydrogens is 321 g/mol. The zero-order valence-corrected chi connectivity index (χ0v) is 13.7. The summed E-state index contributed by atoms with van der Waals surface area (Å²) in [5, 5.41) is 3.70. The molecule has 0 aliphatic rings. The van der Waals surface area contributed by atoms with Crippen LogP contribution in [0.2, 0.25) is 10.0 Å². The van der Waals surface area contributed by atoms with E-state index in [1.807, 2.05) is 31.2 Å². The van der Waals surface area contributed by atoms with Gasteiger partial charge in [-0.3, -0.25) is 4.79 Å². The summed E-state index contributed by atoms with van der Waals surface area (Å²) in [5.74, 6) is -0.245. The van der Waals surface area contributed by atoms with E-state index in [1.54, 1.807) is 18.2 Å². The minimum atomic E-state index is -0.245. The van der Waals surface area contributed by atoms with E-state index in [4.69, 9.17) is 27.9 Å². The lowest BCUT2D eigenvalue weighted by Gasteiger charge is -2.08. The Kier molecular flexibility index (Phi) is 6.25. The predicted octanol–water partition coefficient (Wildman–Crippen LogP) is 4.46. The molecule has 2 aromatic rings. The van der Waals surface area contributed by atoms with Crippen molar-refractivity contribution in [2.45, 2.75) is 20.1 Å². The van der Waals surface area contributed by atoms with E-state index in [1.165, 1.54) is 0 Å². The van der Waals surface area contributed by atoms with E-state index in [-0.39, 0.29) is 5.91 Å². The van der Waals surface area contributed by atoms with Crippen LogP contribution in [0.3, 0.4) is 0 Å². The molecule has 0 spiro atoms. The summed E-state index contributed by atoms with van der Waals surface area (Å²) in [6.45, 7) is 3.68. The minimum absolute atomic E-state index is 0.245. The second-order valence-electron chi connectivity index (χ2n) is 4.76. The summed E-state index contributed by atoms with van der Waals surface area (Å²) in [6.07, 6.45) is 0. The van der Waals surface area contributed by atoms with Crippen LogP contribution in [0.4, 0.5) is 0 Å². The zero-order chi connectivity index (χ0) is 15.9. The van der Waals surface area contributed by atoms with Gasteiger partial charge in [0.15, 0.2) is 0 Å². The highest BCUT2D eigenvalue weighted by molar-refractivity contribution is 6.35. The first-order chi connectivity index (χ1) is 10.6. The smallest absolute Gasteiger partial charge is 0.253 e. The van der Waals surface area contributed by atoms with Gasteiger partial charge in [-0.1, -0.05) is 47.5 Å². The third kappa shape index (κ3) is 4.73. The Hall–Kier alpha value is -1.55. The van der Waals surface area contributed by atoms with Crippen molar-refractivity contribution in [3.05, 3.63) is 69.2 Å².